The number of ether oxygens (including phenoxy) is 18. The number of carboxylic acids is 1. The molecule has 23 heteroatoms. The van der Waals surface area contributed by atoms with E-state index < -0.39 is 12.0 Å². The summed E-state index contributed by atoms with van der Waals surface area (Å²) in [4.78, 5) is 36.4. The molecule has 0 aromatic heterocycles. The number of nitrogens with one attached hydrogen (secondary N) is 1. The average molecular weight is 1200 g/mol. The van der Waals surface area contributed by atoms with Gasteiger partial charge in [-0.1, -0.05) is 84.0 Å². The Morgan fingerprint density at radius 3 is 0.747 bits per heavy atom. The summed E-state index contributed by atoms with van der Waals surface area (Å²) < 4.78 is 98.7. The Bertz CT molecular complexity index is 1300. The Morgan fingerprint density at radius 2 is 0.506 bits per heavy atom. The highest BCUT2D eigenvalue weighted by Crippen LogP contribution is 2.13. The van der Waals surface area contributed by atoms with Gasteiger partial charge in [0.25, 0.3) is 0 Å². The van der Waals surface area contributed by atoms with E-state index >= 15 is 0 Å². The molecule has 1 atom stereocenters. The second-order valence-electron chi connectivity index (χ2n) is 19.2. The van der Waals surface area contributed by atoms with Gasteiger partial charge in [-0.3, -0.25) is 9.59 Å². The van der Waals surface area contributed by atoms with Gasteiger partial charge in [0.2, 0.25) is 5.91 Å². The van der Waals surface area contributed by atoms with Crippen molar-refractivity contribution in [3.63, 3.8) is 0 Å². The van der Waals surface area contributed by atoms with Gasteiger partial charge in [0.1, 0.15) is 11.8 Å². The summed E-state index contributed by atoms with van der Waals surface area (Å²) in [5.74, 6) is -1.42. The highest BCUT2D eigenvalue weighted by atomic mass is 16.6. The standard InChI is InChI=1S/C60H117NO22/c1-3-5-6-7-8-9-10-11-12-13-14-15-16-19-59(63)61-58(60(64)65)21-20-57(62)18-17-22-67-25-26-69-29-30-71-33-34-73-37-38-75-41-42-77-45-46-79-49-50-81-53-54-83-56-55-82-52-51-80-48-47-78-44-43-76-40-39-74-36-35-72-32-31-70-28-27-68-24-23-66-4-2/h58H,3-56H2,1-2H3,(H,61,63)(H,64,65)/t58-/m0/s1. The molecular formula is C60H117NO22. The topological polar surface area (TPSA) is 250 Å². The molecule has 494 valence electrons. The Balaban J connectivity index is 3.28. The molecule has 0 bridgehead atoms. The Kier molecular flexibility index (Phi) is 70.5. The first-order valence-electron chi connectivity index (χ1n) is 31.4. The number of carbonyl (C=O) groups is 3. The fourth-order valence-corrected chi connectivity index (χ4v) is 7.51. The summed E-state index contributed by atoms with van der Waals surface area (Å²) in [6.45, 7) is 21.8. The van der Waals surface area contributed by atoms with Gasteiger partial charge in [0, 0.05) is 32.5 Å². The number of ketones is 1. The van der Waals surface area contributed by atoms with E-state index in [2.05, 4.69) is 12.2 Å². The molecule has 0 heterocycles. The van der Waals surface area contributed by atoms with Crippen LogP contribution in [0.15, 0.2) is 0 Å². The molecule has 0 aromatic carbocycles. The van der Waals surface area contributed by atoms with Gasteiger partial charge in [-0.25, -0.2) is 4.79 Å². The normalized spacial score (nSPS) is 12.0. The monoisotopic (exact) mass is 1200 g/mol. The smallest absolute Gasteiger partial charge is 0.326 e. The Hall–Kier alpha value is -2.11. The SMILES string of the molecule is CCCCCCCCCCCCCCCC(=O)N[C@@H](CCC(=O)CCCOCCOCCOCCOCCOCCOCCOCCOCCOCCOCCOCCOCCOCCOCCOCCOCCOCCOCC)C(=O)O. The average Bonchev–Trinajstić information content (AvgIpc) is 3.50. The van der Waals surface area contributed by atoms with Crippen molar-refractivity contribution in [3.8, 4) is 0 Å². The van der Waals surface area contributed by atoms with Gasteiger partial charge in [-0.15, -0.1) is 0 Å². The number of amides is 1. The fourth-order valence-electron chi connectivity index (χ4n) is 7.51. The van der Waals surface area contributed by atoms with Gasteiger partial charge in [0.15, 0.2) is 0 Å². The molecule has 0 unspecified atom stereocenters. The molecule has 1 amide bonds. The zero-order valence-electron chi connectivity index (χ0n) is 51.8. The molecular weight excluding hydrogens is 1090 g/mol. The van der Waals surface area contributed by atoms with E-state index in [4.69, 9.17) is 85.3 Å². The summed E-state index contributed by atoms with van der Waals surface area (Å²) in [7, 11) is 0. The minimum Gasteiger partial charge on any atom is -0.480 e. The molecule has 0 fully saturated rings. The van der Waals surface area contributed by atoms with E-state index in [-0.39, 0.29) is 24.5 Å². The van der Waals surface area contributed by atoms with Gasteiger partial charge >= 0.3 is 5.97 Å². The minimum atomic E-state index is -1.11. The van der Waals surface area contributed by atoms with Crippen molar-refractivity contribution >= 4 is 17.7 Å². The van der Waals surface area contributed by atoms with Crippen molar-refractivity contribution in [3.05, 3.63) is 0 Å². The van der Waals surface area contributed by atoms with E-state index in [9.17, 15) is 19.5 Å². The summed E-state index contributed by atoms with van der Waals surface area (Å²) in [6, 6.07) is -1.05. The molecule has 0 radical (unpaired) electrons. The van der Waals surface area contributed by atoms with E-state index in [1.54, 1.807) is 0 Å². The maximum Gasteiger partial charge on any atom is 0.326 e. The van der Waals surface area contributed by atoms with E-state index in [1.165, 1.54) is 64.2 Å². The lowest BCUT2D eigenvalue weighted by molar-refractivity contribution is -0.142. The van der Waals surface area contributed by atoms with Crippen LogP contribution in [0.4, 0.5) is 0 Å². The summed E-state index contributed by atoms with van der Waals surface area (Å²) in [5, 5.41) is 12.2. The molecule has 0 aromatic rings. The predicted molar refractivity (Wildman–Crippen MR) is 314 cm³/mol. The Morgan fingerprint density at radius 1 is 0.277 bits per heavy atom. The number of carboxylic acid groups (broad SMARTS) is 1. The van der Waals surface area contributed by atoms with E-state index in [0.717, 1.165) is 19.3 Å². The lowest BCUT2D eigenvalue weighted by Crippen LogP contribution is -2.41. The van der Waals surface area contributed by atoms with E-state index in [0.29, 0.717) is 257 Å². The number of unbranched alkanes of at least 4 members (excludes halogenated alkanes) is 12. The van der Waals surface area contributed by atoms with Crippen LogP contribution in [-0.2, 0) is 99.6 Å². The predicted octanol–water partition coefficient (Wildman–Crippen LogP) is 6.49. The number of hydrogen-bond acceptors (Lipinski definition) is 21. The fraction of sp³-hybridized carbons (Fsp3) is 0.950. The zero-order valence-corrected chi connectivity index (χ0v) is 51.8. The van der Waals surface area contributed by atoms with E-state index in [1.807, 2.05) is 6.92 Å². The molecule has 0 saturated heterocycles. The van der Waals surface area contributed by atoms with Gasteiger partial charge < -0.3 is 95.7 Å². The van der Waals surface area contributed by atoms with Crippen molar-refractivity contribution in [2.24, 2.45) is 0 Å². The maximum atomic E-state index is 12.4. The summed E-state index contributed by atoms with van der Waals surface area (Å²) >= 11 is 0. The number of rotatable bonds is 75. The molecule has 0 rings (SSSR count). The van der Waals surface area contributed by atoms with Gasteiger partial charge in [0.05, 0.1) is 225 Å². The molecule has 2 N–H and O–H groups in total. The quantitative estimate of drug-likeness (QED) is 0.0618. The van der Waals surface area contributed by atoms with Gasteiger partial charge in [-0.05, 0) is 26.2 Å². The van der Waals surface area contributed by atoms with Crippen molar-refractivity contribution in [1.82, 2.24) is 5.32 Å². The van der Waals surface area contributed by atoms with Crippen LogP contribution in [0.1, 0.15) is 129 Å². The first-order chi connectivity index (χ1) is 41.0. The van der Waals surface area contributed by atoms with Crippen molar-refractivity contribution in [2.45, 2.75) is 135 Å². The molecule has 83 heavy (non-hydrogen) atoms. The van der Waals surface area contributed by atoms with Crippen LogP contribution in [0.3, 0.4) is 0 Å². The highest BCUT2D eigenvalue weighted by molar-refractivity contribution is 5.84. The zero-order chi connectivity index (χ0) is 59.9. The van der Waals surface area contributed by atoms with Crippen molar-refractivity contribution in [1.29, 1.82) is 0 Å². The lowest BCUT2D eigenvalue weighted by Gasteiger charge is -2.14. The van der Waals surface area contributed by atoms with Crippen LogP contribution in [-0.4, -0.2) is 267 Å². The molecule has 23 nitrogen and oxygen atoms in total. The highest BCUT2D eigenvalue weighted by Gasteiger charge is 2.21. The molecule has 0 spiro atoms. The van der Waals surface area contributed by atoms with Crippen molar-refractivity contribution in [2.75, 3.05) is 238 Å². The number of aliphatic carboxylic acids is 1. The molecule has 0 aliphatic heterocycles. The van der Waals surface area contributed by atoms with Crippen LogP contribution in [0.2, 0.25) is 0 Å². The summed E-state index contributed by atoms with van der Waals surface area (Å²) in [6.07, 6.45) is 17.2. The number of Topliss-reactive ketones (excluding diaryl/α,β-unsaturated/α-hetero) is 1. The molecule has 0 saturated carbocycles. The van der Waals surface area contributed by atoms with Crippen molar-refractivity contribution < 1.29 is 105 Å². The number of carbonyl (C=O) groups excluding carboxylic acids is 2. The Labute approximate surface area is 499 Å². The van der Waals surface area contributed by atoms with Crippen LogP contribution in [0.25, 0.3) is 0 Å². The van der Waals surface area contributed by atoms with Crippen LogP contribution in [0, 0.1) is 0 Å². The molecule has 0 aliphatic carbocycles. The molecule has 0 aliphatic rings. The maximum absolute atomic E-state index is 12.4. The third-order valence-corrected chi connectivity index (χ3v) is 12.1. The second kappa shape index (κ2) is 72.4. The number of hydrogen-bond donors (Lipinski definition) is 2. The first-order valence-corrected chi connectivity index (χ1v) is 31.4. The van der Waals surface area contributed by atoms with Crippen LogP contribution >= 0.6 is 0 Å². The summed E-state index contributed by atoms with van der Waals surface area (Å²) in [5.41, 5.74) is 0. The third kappa shape index (κ3) is 70.5. The lowest BCUT2D eigenvalue weighted by atomic mass is 10.0. The largest absolute Gasteiger partial charge is 0.480 e. The van der Waals surface area contributed by atoms with Gasteiger partial charge in [-0.2, -0.15) is 0 Å². The van der Waals surface area contributed by atoms with Crippen LogP contribution in [0.5, 0.6) is 0 Å². The first kappa shape index (κ1) is 80.9. The second-order valence-corrected chi connectivity index (χ2v) is 19.2. The van der Waals surface area contributed by atoms with Crippen LogP contribution < -0.4 is 5.32 Å². The minimum absolute atomic E-state index is 0.0444. The third-order valence-electron chi connectivity index (χ3n) is 12.1.